The zero-order valence-corrected chi connectivity index (χ0v) is 38.2. The molecule has 0 fully saturated rings. The van der Waals surface area contributed by atoms with E-state index in [1.54, 1.807) is 0 Å². The number of rotatable bonds is 7. The summed E-state index contributed by atoms with van der Waals surface area (Å²) in [5, 5.41) is 50.8. The Balaban J connectivity index is 0.00000248. The molecule has 0 heterocycles. The lowest BCUT2D eigenvalue weighted by Crippen LogP contribution is -2.57. The Labute approximate surface area is 334 Å². The van der Waals surface area contributed by atoms with E-state index in [0.717, 1.165) is 33.4 Å². The van der Waals surface area contributed by atoms with Crippen molar-refractivity contribution in [1.29, 1.82) is 0 Å². The minimum absolute atomic E-state index is 0.137. The summed E-state index contributed by atoms with van der Waals surface area (Å²) in [6, 6.07) is 18.5. The third-order valence-electron chi connectivity index (χ3n) is 11.0. The minimum Gasteiger partial charge on any atom is -0.395 e. The molecule has 1 unspecified atom stereocenters. The molecule has 8 heteroatoms. The van der Waals surface area contributed by atoms with Crippen molar-refractivity contribution < 1.29 is 35.1 Å². The van der Waals surface area contributed by atoms with E-state index in [1.165, 1.54) is 0 Å². The van der Waals surface area contributed by atoms with E-state index in [1.807, 2.05) is 24.3 Å². The molecule has 3 aromatic rings. The molecule has 0 aliphatic rings. The van der Waals surface area contributed by atoms with Crippen LogP contribution in [0.25, 0.3) is 0 Å². The van der Waals surface area contributed by atoms with Crippen molar-refractivity contribution in [3.05, 3.63) is 105 Å². The molecule has 3 aromatic carbocycles. The number of aliphatic hydroxyl groups is 4. The lowest BCUT2D eigenvalue weighted by molar-refractivity contribution is -0.174. The Bertz CT molecular complexity index is 1670. The van der Waals surface area contributed by atoms with Gasteiger partial charge in [0, 0.05) is 0 Å². The summed E-state index contributed by atoms with van der Waals surface area (Å²) < 4.78 is 0. The molecule has 3 rings (SSSR count). The van der Waals surface area contributed by atoms with Gasteiger partial charge in [-0.25, -0.2) is 0 Å². The van der Waals surface area contributed by atoms with E-state index in [4.69, 9.17) is 14.7 Å². The van der Waals surface area contributed by atoms with Crippen LogP contribution in [0.3, 0.4) is 0 Å². The third-order valence-corrected chi connectivity index (χ3v) is 11.0. The average Bonchev–Trinajstić information content (AvgIpc) is 3.01. The van der Waals surface area contributed by atoms with Crippen LogP contribution in [0.15, 0.2) is 54.6 Å². The molecule has 310 valence electrons. The Morgan fingerprint density at radius 2 is 0.709 bits per heavy atom. The third kappa shape index (κ3) is 10.7. The first-order valence-corrected chi connectivity index (χ1v) is 20.7. The highest BCUT2D eigenvalue weighted by Crippen LogP contribution is 2.57. The van der Waals surface area contributed by atoms with Crippen LogP contribution in [0.2, 0.25) is 0 Å². The molecular weight excluding hydrogens is 707 g/mol. The highest BCUT2D eigenvalue weighted by atomic mass is 31.2. The fourth-order valence-electron chi connectivity index (χ4n) is 7.43. The van der Waals surface area contributed by atoms with E-state index in [-0.39, 0.29) is 21.7 Å². The summed E-state index contributed by atoms with van der Waals surface area (Å²) in [6.45, 7) is 37.3. The normalized spacial score (nSPS) is 14.5. The SMILES string of the molecule is CC(C)(C)c1ccc(C(O)C(CO)(CO)C(O)(c2ccc(C(C)(C)C)cc2C(C)(C)C)c2ccc(C(C)(C)C)cc2C(C)(C)C)c(C(C)(C)C)c1.OP(O)O. The van der Waals surface area contributed by atoms with E-state index in [9.17, 15) is 20.4 Å². The summed E-state index contributed by atoms with van der Waals surface area (Å²) >= 11 is 0. The van der Waals surface area contributed by atoms with Crippen molar-refractivity contribution in [2.75, 3.05) is 13.2 Å². The van der Waals surface area contributed by atoms with Crippen molar-refractivity contribution >= 4 is 8.60 Å². The predicted octanol–water partition coefficient (Wildman–Crippen LogP) is 9.60. The van der Waals surface area contributed by atoms with Gasteiger partial charge in [-0.3, -0.25) is 0 Å². The van der Waals surface area contributed by atoms with Crippen molar-refractivity contribution in [2.24, 2.45) is 5.41 Å². The zero-order chi connectivity index (χ0) is 43.1. The zero-order valence-electron chi connectivity index (χ0n) is 37.3. The van der Waals surface area contributed by atoms with Gasteiger partial charge in [-0.2, -0.15) is 0 Å². The molecule has 55 heavy (non-hydrogen) atoms. The molecule has 0 aliphatic carbocycles. The Hall–Kier alpha value is -2.19. The van der Waals surface area contributed by atoms with Crippen LogP contribution < -0.4 is 0 Å². The van der Waals surface area contributed by atoms with Crippen LogP contribution in [-0.2, 0) is 38.1 Å². The summed E-state index contributed by atoms with van der Waals surface area (Å²) in [7, 11) is -2.62. The van der Waals surface area contributed by atoms with Gasteiger partial charge in [0.15, 0.2) is 0 Å². The van der Waals surface area contributed by atoms with Crippen molar-refractivity contribution in [1.82, 2.24) is 0 Å². The second kappa shape index (κ2) is 16.6. The average molecular weight is 783 g/mol. The molecule has 0 spiro atoms. The Morgan fingerprint density at radius 3 is 0.964 bits per heavy atom. The maximum Gasteiger partial charge on any atom is 0.324 e. The standard InChI is InChI=1S/C47H72O4.H3O3P/c1-40(2,3)30-19-22-33(36(25-30)43(10,11)12)39(50)46(28-48,29-49)47(51,34-23-20-31(41(4,5)6)26-37(34)44(13,14)15)35-24-21-32(42(7,8)9)27-38(35)45(16,17)18;1-4(2)3/h19-27,39,48-51H,28-29H2,1-18H3;1-3H. The second-order valence-electron chi connectivity index (χ2n) is 21.7. The lowest BCUT2D eigenvalue weighted by Gasteiger charge is -2.52. The van der Waals surface area contributed by atoms with E-state index < -0.39 is 49.8 Å². The fraction of sp³-hybridized carbons (Fsp3) is 0.617. The fourth-order valence-corrected chi connectivity index (χ4v) is 7.43. The van der Waals surface area contributed by atoms with Crippen LogP contribution >= 0.6 is 8.60 Å². The molecule has 1 atom stereocenters. The largest absolute Gasteiger partial charge is 0.395 e. The quantitative estimate of drug-likeness (QED) is 0.118. The number of aliphatic hydroxyl groups excluding tert-OH is 3. The maximum atomic E-state index is 14.2. The van der Waals surface area contributed by atoms with Crippen LogP contribution in [0.4, 0.5) is 0 Å². The summed E-state index contributed by atoms with van der Waals surface area (Å²) in [4.78, 5) is 21.7. The van der Waals surface area contributed by atoms with Gasteiger partial charge in [0.1, 0.15) is 5.60 Å². The summed E-state index contributed by atoms with van der Waals surface area (Å²) in [6.07, 6.45) is -1.45. The van der Waals surface area contributed by atoms with E-state index in [2.05, 4.69) is 155 Å². The first kappa shape index (κ1) is 49.0. The molecule has 7 N–H and O–H groups in total. The van der Waals surface area contributed by atoms with Gasteiger partial charge in [0.05, 0.1) is 24.7 Å². The van der Waals surface area contributed by atoms with E-state index >= 15 is 0 Å². The van der Waals surface area contributed by atoms with Crippen LogP contribution in [0.5, 0.6) is 0 Å². The predicted molar refractivity (Wildman–Crippen MR) is 230 cm³/mol. The topological polar surface area (TPSA) is 142 Å². The Morgan fingerprint density at radius 1 is 0.436 bits per heavy atom. The van der Waals surface area contributed by atoms with Gasteiger partial charge >= 0.3 is 8.60 Å². The van der Waals surface area contributed by atoms with E-state index in [0.29, 0.717) is 16.7 Å². The lowest BCUT2D eigenvalue weighted by atomic mass is 9.56. The van der Waals surface area contributed by atoms with Gasteiger partial charge in [0.25, 0.3) is 0 Å². The highest BCUT2D eigenvalue weighted by molar-refractivity contribution is 7.38. The molecule has 0 amide bonds. The molecule has 0 radical (unpaired) electrons. The monoisotopic (exact) mass is 783 g/mol. The number of benzene rings is 3. The van der Waals surface area contributed by atoms with Gasteiger partial charge in [-0.1, -0.05) is 179 Å². The van der Waals surface area contributed by atoms with Gasteiger partial charge in [-0.05, 0) is 82.6 Å². The molecule has 0 bridgehead atoms. The Kier molecular flexibility index (Phi) is 14.8. The maximum absolute atomic E-state index is 14.2. The van der Waals surface area contributed by atoms with Crippen LogP contribution in [-0.4, -0.2) is 48.3 Å². The smallest absolute Gasteiger partial charge is 0.324 e. The summed E-state index contributed by atoms with van der Waals surface area (Å²) in [5.41, 5.74) is 2.14. The number of hydrogen-bond donors (Lipinski definition) is 7. The van der Waals surface area contributed by atoms with Crippen molar-refractivity contribution in [3.63, 3.8) is 0 Å². The minimum atomic E-state index is -2.62. The van der Waals surface area contributed by atoms with Crippen LogP contribution in [0.1, 0.15) is 181 Å². The molecule has 0 aliphatic heterocycles. The molecule has 0 saturated heterocycles. The first-order valence-electron chi connectivity index (χ1n) is 19.5. The molecular formula is C47H75O7P. The molecule has 0 saturated carbocycles. The van der Waals surface area contributed by atoms with Crippen molar-refractivity contribution in [2.45, 2.75) is 169 Å². The first-order chi connectivity index (χ1) is 24.5. The summed E-state index contributed by atoms with van der Waals surface area (Å²) in [5.74, 6) is 0. The van der Waals surface area contributed by atoms with Gasteiger partial charge < -0.3 is 35.1 Å². The van der Waals surface area contributed by atoms with Gasteiger partial charge in [-0.15, -0.1) is 0 Å². The van der Waals surface area contributed by atoms with Crippen molar-refractivity contribution in [3.8, 4) is 0 Å². The van der Waals surface area contributed by atoms with Crippen LogP contribution in [0, 0.1) is 5.41 Å². The van der Waals surface area contributed by atoms with Gasteiger partial charge in [0.2, 0.25) is 0 Å². The number of hydrogen-bond acceptors (Lipinski definition) is 7. The molecule has 7 nitrogen and oxygen atoms in total. The molecule has 0 aromatic heterocycles. The second-order valence-corrected chi connectivity index (χ2v) is 22.2. The highest BCUT2D eigenvalue weighted by Gasteiger charge is 2.59.